The van der Waals surface area contributed by atoms with Crippen LogP contribution in [-0.2, 0) is 21.7 Å². The summed E-state index contributed by atoms with van der Waals surface area (Å²) in [6.45, 7) is 0.761. The number of carbonyl (C=O) groups excluding carboxylic acids is 2. The molecule has 3 aliphatic rings. The highest BCUT2D eigenvalue weighted by Gasteiger charge is 2.78. The minimum atomic E-state index is -1.30. The number of thioether (sulfide) groups is 1. The SMILES string of the molecule is COc1ccc(CN2C(=O)C3(SC2=S)C(c2cccnc2)CN(C)C32C(=O)N(C)c3ccc(Cl)cc32)cc1. The van der Waals surface area contributed by atoms with Crippen molar-refractivity contribution in [1.29, 1.82) is 0 Å². The summed E-state index contributed by atoms with van der Waals surface area (Å²) in [5.74, 6) is 0.0329. The molecular weight excluding hydrogens is 540 g/mol. The third kappa shape index (κ3) is 3.25. The van der Waals surface area contributed by atoms with Gasteiger partial charge in [0.1, 0.15) is 14.8 Å². The number of amides is 2. The summed E-state index contributed by atoms with van der Waals surface area (Å²) in [5, 5.41) is 0.507. The molecular formula is C28H25ClN4O3S2. The lowest BCUT2D eigenvalue weighted by Crippen LogP contribution is -2.62. The fourth-order valence-corrected chi connectivity index (χ4v) is 8.60. The molecule has 0 radical (unpaired) electrons. The first-order chi connectivity index (χ1) is 18.3. The van der Waals surface area contributed by atoms with Crippen LogP contribution < -0.4 is 9.64 Å². The molecule has 3 aromatic rings. The Bertz CT molecular complexity index is 1470. The summed E-state index contributed by atoms with van der Waals surface area (Å²) < 4.78 is 4.48. The quantitative estimate of drug-likeness (QED) is 0.434. The van der Waals surface area contributed by atoms with Crippen molar-refractivity contribution in [3.05, 3.63) is 88.7 Å². The third-order valence-electron chi connectivity index (χ3n) is 8.00. The van der Waals surface area contributed by atoms with Gasteiger partial charge in [0, 0.05) is 48.2 Å². The first kappa shape index (κ1) is 25.3. The number of hydrogen-bond donors (Lipinski definition) is 0. The molecule has 194 valence electrons. The normalized spacial score (nSPS) is 26.7. The van der Waals surface area contributed by atoms with Crippen molar-refractivity contribution in [2.24, 2.45) is 0 Å². The molecule has 10 heteroatoms. The summed E-state index contributed by atoms with van der Waals surface area (Å²) in [6.07, 6.45) is 3.49. The van der Waals surface area contributed by atoms with E-state index in [4.69, 9.17) is 28.6 Å². The summed E-state index contributed by atoms with van der Waals surface area (Å²) in [5.41, 5.74) is 1.96. The number of fused-ring (bicyclic) bond motifs is 3. The zero-order valence-electron chi connectivity index (χ0n) is 21.1. The van der Waals surface area contributed by atoms with Gasteiger partial charge in [-0.1, -0.05) is 53.8 Å². The van der Waals surface area contributed by atoms with Crippen molar-refractivity contribution in [1.82, 2.24) is 14.8 Å². The van der Waals surface area contributed by atoms with Gasteiger partial charge in [-0.2, -0.15) is 0 Å². The Labute approximate surface area is 235 Å². The molecule has 0 aliphatic carbocycles. The van der Waals surface area contributed by atoms with Crippen LogP contribution in [0.2, 0.25) is 5.02 Å². The molecule has 0 saturated carbocycles. The van der Waals surface area contributed by atoms with Crippen molar-refractivity contribution in [3.8, 4) is 5.75 Å². The van der Waals surface area contributed by atoms with Crippen LogP contribution in [0.25, 0.3) is 0 Å². The zero-order valence-corrected chi connectivity index (χ0v) is 23.4. The molecule has 2 spiro atoms. The van der Waals surface area contributed by atoms with E-state index in [1.807, 2.05) is 60.5 Å². The minimum Gasteiger partial charge on any atom is -0.497 e. The number of carbonyl (C=O) groups is 2. The van der Waals surface area contributed by atoms with Gasteiger partial charge >= 0.3 is 0 Å². The Morgan fingerprint density at radius 1 is 1.13 bits per heavy atom. The van der Waals surface area contributed by atoms with E-state index in [9.17, 15) is 9.59 Å². The number of likely N-dealkylation sites (tertiary alicyclic amines) is 1. The predicted molar refractivity (Wildman–Crippen MR) is 153 cm³/mol. The molecule has 7 nitrogen and oxygen atoms in total. The lowest BCUT2D eigenvalue weighted by atomic mass is 9.72. The van der Waals surface area contributed by atoms with Crippen molar-refractivity contribution >= 4 is 57.4 Å². The Morgan fingerprint density at radius 3 is 2.58 bits per heavy atom. The number of ether oxygens (including phenoxy) is 1. The van der Waals surface area contributed by atoms with Crippen LogP contribution in [0.3, 0.4) is 0 Å². The van der Waals surface area contributed by atoms with Crippen molar-refractivity contribution < 1.29 is 14.3 Å². The number of anilines is 1. The first-order valence-electron chi connectivity index (χ1n) is 12.1. The maximum atomic E-state index is 14.8. The molecule has 1 aromatic heterocycles. The van der Waals surface area contributed by atoms with Gasteiger partial charge in [0.15, 0.2) is 5.54 Å². The van der Waals surface area contributed by atoms with Crippen LogP contribution >= 0.6 is 35.6 Å². The highest BCUT2D eigenvalue weighted by molar-refractivity contribution is 8.25. The van der Waals surface area contributed by atoms with E-state index in [2.05, 4.69) is 4.98 Å². The fraction of sp³-hybridized carbons (Fsp3) is 0.286. The zero-order chi connectivity index (χ0) is 26.8. The summed E-state index contributed by atoms with van der Waals surface area (Å²) in [6, 6.07) is 16.8. The van der Waals surface area contributed by atoms with E-state index in [1.54, 1.807) is 42.4 Å². The molecule has 0 N–H and O–H groups in total. The molecule has 6 rings (SSSR count). The first-order valence-corrected chi connectivity index (χ1v) is 13.7. The second-order valence-corrected chi connectivity index (χ2v) is 12.1. The molecule has 2 aromatic carbocycles. The van der Waals surface area contributed by atoms with E-state index in [1.165, 1.54) is 11.8 Å². The Hall–Kier alpha value is -2.98. The number of rotatable bonds is 4. The van der Waals surface area contributed by atoms with Crippen LogP contribution in [0.15, 0.2) is 67.0 Å². The van der Waals surface area contributed by atoms with Crippen LogP contribution in [0, 0.1) is 0 Å². The van der Waals surface area contributed by atoms with Gasteiger partial charge in [0.05, 0.1) is 13.7 Å². The fourth-order valence-electron chi connectivity index (χ4n) is 6.30. The van der Waals surface area contributed by atoms with E-state index < -0.39 is 10.3 Å². The highest BCUT2D eigenvalue weighted by atomic mass is 35.5. The number of aromatic nitrogens is 1. The van der Waals surface area contributed by atoms with Gasteiger partial charge in [-0.3, -0.25) is 24.4 Å². The third-order valence-corrected chi connectivity index (χ3v) is 10.2. The van der Waals surface area contributed by atoms with Crippen molar-refractivity contribution in [2.45, 2.75) is 22.7 Å². The summed E-state index contributed by atoms with van der Waals surface area (Å²) >= 11 is 13.7. The van der Waals surface area contributed by atoms with Crippen molar-refractivity contribution in [3.63, 3.8) is 0 Å². The summed E-state index contributed by atoms with van der Waals surface area (Å²) in [4.78, 5) is 38.9. The number of thiocarbonyl (C=S) groups is 1. The van der Waals surface area contributed by atoms with E-state index in [-0.39, 0.29) is 17.7 Å². The maximum absolute atomic E-state index is 14.8. The highest BCUT2D eigenvalue weighted by Crippen LogP contribution is 2.66. The molecule has 3 atom stereocenters. The Kier molecular flexibility index (Phi) is 6.03. The van der Waals surface area contributed by atoms with E-state index in [0.717, 1.165) is 28.1 Å². The number of halogens is 1. The van der Waals surface area contributed by atoms with E-state index in [0.29, 0.717) is 22.4 Å². The lowest BCUT2D eigenvalue weighted by Gasteiger charge is -2.42. The average Bonchev–Trinajstić information content (AvgIpc) is 3.43. The minimum absolute atomic E-state index is 0.168. The average molecular weight is 565 g/mol. The smallest absolute Gasteiger partial charge is 0.254 e. The molecule has 2 amide bonds. The second kappa shape index (κ2) is 9.05. The largest absolute Gasteiger partial charge is 0.497 e. The van der Waals surface area contributed by atoms with Crippen molar-refractivity contribution in [2.75, 3.05) is 32.6 Å². The van der Waals surface area contributed by atoms with Crippen LogP contribution in [0.4, 0.5) is 5.69 Å². The molecule has 2 saturated heterocycles. The van der Waals surface area contributed by atoms with Gasteiger partial charge < -0.3 is 9.64 Å². The number of pyridine rings is 1. The number of methoxy groups -OCH3 is 1. The lowest BCUT2D eigenvalue weighted by molar-refractivity contribution is -0.139. The maximum Gasteiger partial charge on any atom is 0.254 e. The van der Waals surface area contributed by atoms with E-state index >= 15 is 0 Å². The summed E-state index contributed by atoms with van der Waals surface area (Å²) in [7, 11) is 5.27. The standard InChI is InChI=1S/C28H25ClN4O3S2/c1-31-16-22(18-5-4-12-30-14-18)28(27(31)21-13-19(29)8-11-23(21)32(2)24(27)34)25(35)33(26(37)38-28)15-17-6-9-20(36-3)10-7-17/h4-14,22H,15-16H2,1-3H3. The van der Waals surface area contributed by atoms with Gasteiger partial charge in [0.25, 0.3) is 5.91 Å². The molecule has 0 bridgehead atoms. The number of benzene rings is 2. The van der Waals surface area contributed by atoms with Gasteiger partial charge in [-0.05, 0) is 54.6 Å². The number of likely N-dealkylation sites (N-methyl/N-ethyl adjacent to an activating group) is 2. The molecule has 4 heterocycles. The molecule has 38 heavy (non-hydrogen) atoms. The second-order valence-electron chi connectivity index (χ2n) is 9.80. The number of hydrogen-bond acceptors (Lipinski definition) is 7. The van der Waals surface area contributed by atoms with Crippen LogP contribution in [-0.4, -0.2) is 63.4 Å². The molecule has 3 unspecified atom stereocenters. The molecule has 2 fully saturated rings. The predicted octanol–water partition coefficient (Wildman–Crippen LogP) is 4.44. The van der Waals surface area contributed by atoms with Gasteiger partial charge in [0.2, 0.25) is 5.91 Å². The molecule has 3 aliphatic heterocycles. The monoisotopic (exact) mass is 564 g/mol. The van der Waals surface area contributed by atoms with Crippen LogP contribution in [0.1, 0.15) is 22.6 Å². The van der Waals surface area contributed by atoms with Crippen LogP contribution in [0.5, 0.6) is 5.75 Å². The Morgan fingerprint density at radius 2 is 1.89 bits per heavy atom. The van der Waals surface area contributed by atoms with Gasteiger partial charge in [-0.25, -0.2) is 0 Å². The van der Waals surface area contributed by atoms with Gasteiger partial charge in [-0.15, -0.1) is 0 Å². The Balaban J connectivity index is 1.56. The topological polar surface area (TPSA) is 66.0 Å². The number of nitrogens with zero attached hydrogens (tertiary/aromatic N) is 4.